The van der Waals surface area contributed by atoms with E-state index in [2.05, 4.69) is 20.3 Å². The van der Waals surface area contributed by atoms with Crippen molar-refractivity contribution in [1.82, 2.24) is 20.3 Å². The maximum atomic E-state index is 12.8. The summed E-state index contributed by atoms with van der Waals surface area (Å²) in [6, 6.07) is 9.78. The van der Waals surface area contributed by atoms with E-state index in [9.17, 15) is 4.79 Å². The molecule has 3 aromatic rings. The van der Waals surface area contributed by atoms with E-state index >= 15 is 0 Å². The number of hydrogen-bond acceptors (Lipinski definition) is 4. The van der Waals surface area contributed by atoms with Crippen LogP contribution in [-0.4, -0.2) is 34.1 Å². The standard InChI is InChI=1S/C19H20N4O2/c24-17(12-14-13-22-16-5-2-1-4-15(14)16)23-19(6-10-25-11-7-19)18-20-8-3-9-21-18/h1-5,8-9,13,22H,6-7,10-12H2,(H,23,24). The van der Waals surface area contributed by atoms with Crippen molar-refractivity contribution >= 4 is 16.8 Å². The Morgan fingerprint density at radius 3 is 2.72 bits per heavy atom. The van der Waals surface area contributed by atoms with Crippen LogP contribution in [0.5, 0.6) is 0 Å². The first-order chi connectivity index (χ1) is 12.3. The number of carbonyl (C=O) groups is 1. The van der Waals surface area contributed by atoms with Crippen LogP contribution in [0, 0.1) is 0 Å². The van der Waals surface area contributed by atoms with Gasteiger partial charge in [-0.25, -0.2) is 9.97 Å². The Labute approximate surface area is 145 Å². The molecule has 1 aliphatic heterocycles. The van der Waals surface area contributed by atoms with Crippen LogP contribution in [0.15, 0.2) is 48.9 Å². The number of ether oxygens (including phenoxy) is 1. The van der Waals surface area contributed by atoms with Crippen molar-refractivity contribution in [2.24, 2.45) is 0 Å². The van der Waals surface area contributed by atoms with Crippen molar-refractivity contribution in [2.45, 2.75) is 24.8 Å². The molecule has 6 nitrogen and oxygen atoms in total. The van der Waals surface area contributed by atoms with Gasteiger partial charge in [-0.1, -0.05) is 18.2 Å². The number of benzene rings is 1. The molecule has 0 saturated carbocycles. The van der Waals surface area contributed by atoms with E-state index < -0.39 is 5.54 Å². The third kappa shape index (κ3) is 3.13. The molecule has 25 heavy (non-hydrogen) atoms. The minimum Gasteiger partial charge on any atom is -0.381 e. The summed E-state index contributed by atoms with van der Waals surface area (Å²) >= 11 is 0. The van der Waals surface area contributed by atoms with Crippen molar-refractivity contribution in [3.63, 3.8) is 0 Å². The molecule has 2 N–H and O–H groups in total. The van der Waals surface area contributed by atoms with Crippen LogP contribution in [-0.2, 0) is 21.5 Å². The molecular weight excluding hydrogens is 316 g/mol. The Bertz CT molecular complexity index is 869. The SMILES string of the molecule is O=C(Cc1c[nH]c2ccccc12)NC1(c2ncccn2)CCOCC1. The van der Waals surface area contributed by atoms with Crippen molar-refractivity contribution in [3.05, 3.63) is 60.3 Å². The topological polar surface area (TPSA) is 79.9 Å². The van der Waals surface area contributed by atoms with Gasteiger partial charge in [0.2, 0.25) is 5.91 Å². The lowest BCUT2D eigenvalue weighted by atomic mass is 9.88. The van der Waals surface area contributed by atoms with Gasteiger partial charge in [0.05, 0.1) is 6.42 Å². The number of carbonyl (C=O) groups excluding carboxylic acids is 1. The van der Waals surface area contributed by atoms with Gasteiger partial charge in [-0.2, -0.15) is 0 Å². The lowest BCUT2D eigenvalue weighted by Crippen LogP contribution is -2.51. The maximum Gasteiger partial charge on any atom is 0.225 e. The Hall–Kier alpha value is -2.73. The smallest absolute Gasteiger partial charge is 0.225 e. The van der Waals surface area contributed by atoms with Crippen molar-refractivity contribution < 1.29 is 9.53 Å². The molecule has 1 saturated heterocycles. The van der Waals surface area contributed by atoms with Crippen molar-refractivity contribution in [2.75, 3.05) is 13.2 Å². The normalized spacial score (nSPS) is 16.6. The molecule has 0 radical (unpaired) electrons. The van der Waals surface area contributed by atoms with Crippen molar-refractivity contribution in [1.29, 1.82) is 0 Å². The quantitative estimate of drug-likeness (QED) is 0.766. The first-order valence-corrected chi connectivity index (χ1v) is 8.48. The first-order valence-electron chi connectivity index (χ1n) is 8.48. The lowest BCUT2D eigenvalue weighted by Gasteiger charge is -2.36. The number of aromatic amines is 1. The summed E-state index contributed by atoms with van der Waals surface area (Å²) < 4.78 is 5.48. The second-order valence-electron chi connectivity index (χ2n) is 6.35. The number of rotatable bonds is 4. The molecule has 1 amide bonds. The Balaban J connectivity index is 1.57. The van der Waals surface area contributed by atoms with Crippen LogP contribution >= 0.6 is 0 Å². The zero-order valence-corrected chi connectivity index (χ0v) is 13.9. The highest BCUT2D eigenvalue weighted by molar-refractivity contribution is 5.89. The van der Waals surface area contributed by atoms with Gasteiger partial charge in [-0.3, -0.25) is 4.79 Å². The monoisotopic (exact) mass is 336 g/mol. The maximum absolute atomic E-state index is 12.8. The fourth-order valence-corrected chi connectivity index (χ4v) is 3.43. The number of nitrogens with zero attached hydrogens (tertiary/aromatic N) is 2. The van der Waals surface area contributed by atoms with Crippen LogP contribution < -0.4 is 5.32 Å². The summed E-state index contributed by atoms with van der Waals surface area (Å²) in [5, 5.41) is 4.27. The average molecular weight is 336 g/mol. The van der Waals surface area contributed by atoms with Gasteiger partial charge in [0.25, 0.3) is 0 Å². The van der Waals surface area contributed by atoms with E-state index in [0.717, 1.165) is 16.5 Å². The Kier molecular flexibility index (Phi) is 4.19. The third-order valence-electron chi connectivity index (χ3n) is 4.74. The fraction of sp³-hybridized carbons (Fsp3) is 0.316. The number of para-hydroxylation sites is 1. The van der Waals surface area contributed by atoms with Crippen LogP contribution in [0.25, 0.3) is 10.9 Å². The van der Waals surface area contributed by atoms with Gasteiger partial charge in [0, 0.05) is 55.5 Å². The highest BCUT2D eigenvalue weighted by atomic mass is 16.5. The molecule has 0 unspecified atom stereocenters. The molecular formula is C19H20N4O2. The second-order valence-corrected chi connectivity index (χ2v) is 6.35. The van der Waals surface area contributed by atoms with Gasteiger partial charge in [0.1, 0.15) is 5.54 Å². The minimum absolute atomic E-state index is 0.0286. The molecule has 1 aromatic carbocycles. The summed E-state index contributed by atoms with van der Waals surface area (Å²) in [4.78, 5) is 24.8. The average Bonchev–Trinajstić information content (AvgIpc) is 3.06. The summed E-state index contributed by atoms with van der Waals surface area (Å²) in [5.74, 6) is 0.629. The molecule has 128 valence electrons. The number of H-pyrrole nitrogens is 1. The zero-order valence-electron chi connectivity index (χ0n) is 13.9. The molecule has 0 spiro atoms. The largest absolute Gasteiger partial charge is 0.381 e. The molecule has 4 rings (SSSR count). The van der Waals surface area contributed by atoms with Crippen LogP contribution in [0.3, 0.4) is 0 Å². The first kappa shape index (κ1) is 15.8. The van der Waals surface area contributed by atoms with E-state index in [-0.39, 0.29) is 5.91 Å². The fourth-order valence-electron chi connectivity index (χ4n) is 3.43. The Morgan fingerprint density at radius 1 is 1.16 bits per heavy atom. The number of fused-ring (bicyclic) bond motifs is 1. The van der Waals surface area contributed by atoms with Gasteiger partial charge in [-0.05, 0) is 17.7 Å². The van der Waals surface area contributed by atoms with Gasteiger partial charge in [-0.15, -0.1) is 0 Å². The number of hydrogen-bond donors (Lipinski definition) is 2. The number of nitrogens with one attached hydrogen (secondary N) is 2. The highest BCUT2D eigenvalue weighted by Gasteiger charge is 2.38. The van der Waals surface area contributed by atoms with Crippen LogP contribution in [0.4, 0.5) is 0 Å². The highest BCUT2D eigenvalue weighted by Crippen LogP contribution is 2.30. The summed E-state index contributed by atoms with van der Waals surface area (Å²) in [7, 11) is 0. The van der Waals surface area contributed by atoms with E-state index in [1.165, 1.54) is 0 Å². The summed E-state index contributed by atoms with van der Waals surface area (Å²) in [6.07, 6.45) is 7.00. The lowest BCUT2D eigenvalue weighted by molar-refractivity contribution is -0.124. The molecule has 3 heterocycles. The van der Waals surface area contributed by atoms with Gasteiger partial charge >= 0.3 is 0 Å². The molecule has 0 aliphatic carbocycles. The third-order valence-corrected chi connectivity index (χ3v) is 4.74. The van der Waals surface area contributed by atoms with Crippen LogP contribution in [0.2, 0.25) is 0 Å². The molecule has 0 atom stereocenters. The zero-order chi connectivity index (χ0) is 17.1. The summed E-state index contributed by atoms with van der Waals surface area (Å²) in [5.41, 5.74) is 1.48. The van der Waals surface area contributed by atoms with E-state index in [4.69, 9.17) is 4.74 Å². The molecule has 2 aromatic heterocycles. The van der Waals surface area contributed by atoms with Crippen molar-refractivity contribution in [3.8, 4) is 0 Å². The van der Waals surface area contributed by atoms with E-state index in [1.54, 1.807) is 18.5 Å². The predicted molar refractivity (Wildman–Crippen MR) is 93.9 cm³/mol. The summed E-state index contributed by atoms with van der Waals surface area (Å²) in [6.45, 7) is 1.18. The van der Waals surface area contributed by atoms with E-state index in [0.29, 0.717) is 38.3 Å². The number of amides is 1. The molecule has 6 heteroatoms. The van der Waals surface area contributed by atoms with Crippen LogP contribution in [0.1, 0.15) is 24.2 Å². The molecule has 1 aliphatic rings. The molecule has 1 fully saturated rings. The predicted octanol–water partition coefficient (Wildman–Crippen LogP) is 2.32. The minimum atomic E-state index is -0.553. The van der Waals surface area contributed by atoms with Gasteiger partial charge in [0.15, 0.2) is 5.82 Å². The van der Waals surface area contributed by atoms with E-state index in [1.807, 2.05) is 30.5 Å². The Morgan fingerprint density at radius 2 is 1.92 bits per heavy atom. The molecule has 0 bridgehead atoms. The number of aromatic nitrogens is 3. The second kappa shape index (κ2) is 6.64. The van der Waals surface area contributed by atoms with Gasteiger partial charge < -0.3 is 15.0 Å².